The van der Waals surface area contributed by atoms with Crippen LogP contribution < -0.4 is 4.74 Å². The summed E-state index contributed by atoms with van der Waals surface area (Å²) in [6.45, 7) is 0. The van der Waals surface area contributed by atoms with Gasteiger partial charge in [0, 0.05) is 43.5 Å². The Hall–Kier alpha value is -2.10. The number of hydrogen-bond donors (Lipinski definition) is 0. The fourth-order valence-corrected chi connectivity index (χ4v) is 2.40. The molecule has 1 radical (unpaired) electrons. The van der Waals surface area contributed by atoms with Gasteiger partial charge in [-0.05, 0) is 30.0 Å². The minimum absolute atomic E-state index is 0. The predicted octanol–water partition coefficient (Wildman–Crippen LogP) is 3.58. The molecule has 21 heavy (non-hydrogen) atoms. The molecule has 0 bridgehead atoms. The molecule has 0 aliphatic heterocycles. The smallest absolute Gasteiger partial charge is 0.119 e. The number of aromatic nitrogens is 2. The summed E-state index contributed by atoms with van der Waals surface area (Å²) in [7, 11) is 1.66. The summed E-state index contributed by atoms with van der Waals surface area (Å²) in [5.74, 6) is 0.814. The third kappa shape index (κ3) is 2.15. The molecule has 2 aromatic carbocycles. The normalized spacial score (nSPS) is 10.7. The largest absolute Gasteiger partial charge is 0.513 e. The van der Waals surface area contributed by atoms with Gasteiger partial charge in [-0.3, -0.25) is 4.68 Å². The molecule has 0 aliphatic carbocycles. The van der Waals surface area contributed by atoms with Crippen molar-refractivity contribution >= 4 is 21.9 Å². The van der Waals surface area contributed by atoms with Crippen molar-refractivity contribution in [1.29, 1.82) is 0 Å². The summed E-state index contributed by atoms with van der Waals surface area (Å²) in [5.41, 5.74) is 2.41. The topological polar surface area (TPSA) is 40.2 Å². The van der Waals surface area contributed by atoms with Gasteiger partial charge in [-0.25, -0.2) is 0 Å². The van der Waals surface area contributed by atoms with E-state index in [0.29, 0.717) is 0 Å². The van der Waals surface area contributed by atoms with Gasteiger partial charge in [0.1, 0.15) is 11.3 Å². The number of fused-ring (bicyclic) bond motifs is 3. The molecule has 0 saturated heterocycles. The zero-order chi connectivity index (χ0) is 13.5. The van der Waals surface area contributed by atoms with Gasteiger partial charge in [0.05, 0.1) is 7.11 Å². The van der Waals surface area contributed by atoms with Crippen molar-refractivity contribution in [1.82, 2.24) is 9.78 Å². The number of hydrogen-bond acceptors (Lipinski definition) is 3. The van der Waals surface area contributed by atoms with Gasteiger partial charge in [-0.1, -0.05) is 5.39 Å². The van der Waals surface area contributed by atoms with Crippen LogP contribution in [-0.4, -0.2) is 16.9 Å². The number of ether oxygens (including phenoxy) is 1. The monoisotopic (exact) mass is 456 g/mol. The van der Waals surface area contributed by atoms with Crippen LogP contribution in [0.5, 0.6) is 5.75 Å². The van der Waals surface area contributed by atoms with Crippen molar-refractivity contribution in [3.05, 3.63) is 54.9 Å². The van der Waals surface area contributed by atoms with Crippen LogP contribution in [0.15, 0.2) is 53.2 Å². The zero-order valence-corrected chi connectivity index (χ0v) is 13.6. The molecule has 0 aliphatic rings. The molecule has 0 unspecified atom stereocenters. The van der Waals surface area contributed by atoms with E-state index >= 15 is 0 Å². The Bertz CT molecular complexity index is 897. The molecule has 2 aromatic heterocycles. The molecule has 4 nitrogen and oxygen atoms in total. The summed E-state index contributed by atoms with van der Waals surface area (Å²) >= 11 is 0. The van der Waals surface area contributed by atoms with Crippen molar-refractivity contribution in [2.24, 2.45) is 0 Å². The van der Waals surface area contributed by atoms with Crippen molar-refractivity contribution in [3.8, 4) is 11.4 Å². The Morgan fingerprint density at radius 3 is 2.90 bits per heavy atom. The van der Waals surface area contributed by atoms with E-state index in [-0.39, 0.29) is 20.1 Å². The van der Waals surface area contributed by atoms with Gasteiger partial charge < -0.3 is 9.15 Å². The van der Waals surface area contributed by atoms with E-state index in [1.54, 1.807) is 18.0 Å². The average molecular weight is 455 g/mol. The van der Waals surface area contributed by atoms with Crippen LogP contribution >= 0.6 is 0 Å². The Morgan fingerprint density at radius 2 is 2.14 bits per heavy atom. The first-order chi connectivity index (χ1) is 9.86. The maximum absolute atomic E-state index is 5.96. The molecule has 4 aromatic rings. The number of benzene rings is 2. The molecule has 107 valence electrons. The molecule has 0 amide bonds. The van der Waals surface area contributed by atoms with E-state index in [9.17, 15) is 0 Å². The maximum atomic E-state index is 5.96. The zero-order valence-electron chi connectivity index (χ0n) is 11.2. The summed E-state index contributed by atoms with van der Waals surface area (Å²) in [6.07, 6.45) is 3.61. The van der Waals surface area contributed by atoms with E-state index in [1.807, 2.05) is 42.6 Å². The second-order valence-electron chi connectivity index (χ2n) is 4.48. The number of rotatable bonds is 2. The van der Waals surface area contributed by atoms with E-state index in [2.05, 4.69) is 11.2 Å². The van der Waals surface area contributed by atoms with Crippen LogP contribution in [0.2, 0.25) is 0 Å². The predicted molar refractivity (Wildman–Crippen MR) is 76.2 cm³/mol. The molecule has 0 N–H and O–H groups in total. The van der Waals surface area contributed by atoms with Crippen LogP contribution in [0.3, 0.4) is 0 Å². The second-order valence-corrected chi connectivity index (χ2v) is 4.48. The summed E-state index contributed by atoms with van der Waals surface area (Å²) in [5, 5.41) is 6.30. The van der Waals surface area contributed by atoms with Gasteiger partial charge in [0.25, 0.3) is 0 Å². The van der Waals surface area contributed by atoms with Crippen LogP contribution in [0, 0.1) is 6.07 Å². The molecular weight excluding hydrogens is 444 g/mol. The van der Waals surface area contributed by atoms with Gasteiger partial charge in [0.15, 0.2) is 0 Å². The second kappa shape index (κ2) is 5.35. The van der Waals surface area contributed by atoms with E-state index in [0.717, 1.165) is 33.4 Å². The van der Waals surface area contributed by atoms with E-state index in [1.165, 1.54) is 0 Å². The van der Waals surface area contributed by atoms with E-state index < -0.39 is 0 Å². The standard InChI is InChI=1S/C16H11N2O2.Ir/c1-19-11-6-7-15-13(10-11)12-4-2-5-14(16(12)20-15)18-9-3-8-17-18;/h2-4,6-10H,1H3;/q-1;. The Kier molecular flexibility index (Phi) is 3.53. The van der Waals surface area contributed by atoms with Gasteiger partial charge in [-0.2, -0.15) is 23.3 Å². The van der Waals surface area contributed by atoms with Crippen molar-refractivity contribution in [2.75, 3.05) is 7.11 Å². The average Bonchev–Trinajstić information content (AvgIpc) is 3.13. The SMILES string of the molecule is COc1ccc2oc3c(-n4cccn4)[c-]ccc3c2c1.[Ir]. The maximum Gasteiger partial charge on any atom is 0.119 e. The number of furan rings is 1. The van der Waals surface area contributed by atoms with Crippen LogP contribution in [-0.2, 0) is 20.1 Å². The summed E-state index contributed by atoms with van der Waals surface area (Å²) < 4.78 is 13.0. The van der Waals surface area contributed by atoms with Crippen LogP contribution in [0.4, 0.5) is 0 Å². The first-order valence-electron chi connectivity index (χ1n) is 6.28. The summed E-state index contributed by atoms with van der Waals surface area (Å²) in [4.78, 5) is 0. The van der Waals surface area contributed by atoms with Crippen molar-refractivity contribution in [2.45, 2.75) is 0 Å². The Balaban J connectivity index is 0.00000132. The minimum atomic E-state index is 0. The molecule has 4 rings (SSSR count). The molecule has 0 saturated carbocycles. The Morgan fingerprint density at radius 1 is 1.24 bits per heavy atom. The van der Waals surface area contributed by atoms with Crippen LogP contribution in [0.1, 0.15) is 0 Å². The van der Waals surface area contributed by atoms with Gasteiger partial charge in [0.2, 0.25) is 0 Å². The Labute approximate surface area is 134 Å². The third-order valence-corrected chi connectivity index (χ3v) is 3.35. The van der Waals surface area contributed by atoms with Crippen LogP contribution in [0.25, 0.3) is 27.6 Å². The number of nitrogens with zero attached hydrogens (tertiary/aromatic N) is 2. The number of methoxy groups -OCH3 is 1. The van der Waals surface area contributed by atoms with E-state index in [4.69, 9.17) is 9.15 Å². The molecule has 0 spiro atoms. The quantitative estimate of drug-likeness (QED) is 0.434. The molecular formula is C16H11IrN2O2-. The molecule has 5 heteroatoms. The fraction of sp³-hybridized carbons (Fsp3) is 0.0625. The van der Waals surface area contributed by atoms with Gasteiger partial charge in [-0.15, -0.1) is 0 Å². The van der Waals surface area contributed by atoms with Crippen molar-refractivity contribution < 1.29 is 29.3 Å². The van der Waals surface area contributed by atoms with Crippen molar-refractivity contribution in [3.63, 3.8) is 0 Å². The minimum Gasteiger partial charge on any atom is -0.513 e. The fourth-order valence-electron chi connectivity index (χ4n) is 2.40. The first kappa shape index (κ1) is 13.9. The molecule has 0 fully saturated rings. The molecule has 0 atom stereocenters. The van der Waals surface area contributed by atoms with Gasteiger partial charge >= 0.3 is 0 Å². The summed E-state index contributed by atoms with van der Waals surface area (Å²) in [6, 6.07) is 14.7. The molecule has 2 heterocycles. The third-order valence-electron chi connectivity index (χ3n) is 3.35. The first-order valence-corrected chi connectivity index (χ1v) is 6.28.